The van der Waals surface area contributed by atoms with E-state index < -0.39 is 0 Å². The molecule has 96 valence electrons. The summed E-state index contributed by atoms with van der Waals surface area (Å²) >= 11 is 1.25. The Kier molecular flexibility index (Phi) is 6.53. The van der Waals surface area contributed by atoms with Gasteiger partial charge in [0, 0.05) is 25.6 Å². The van der Waals surface area contributed by atoms with E-state index in [-0.39, 0.29) is 5.91 Å². The van der Waals surface area contributed by atoms with Crippen LogP contribution in [0.4, 0.5) is 5.13 Å². The Morgan fingerprint density at radius 1 is 1.53 bits per heavy atom. The SMILES string of the molecule is COCCOCCCNC(=O)c1csc(N)n1. The number of methoxy groups -OCH3 is 1. The first-order valence-corrected chi connectivity index (χ1v) is 6.18. The van der Waals surface area contributed by atoms with Crippen LogP contribution in [0.15, 0.2) is 5.38 Å². The fourth-order valence-electron chi connectivity index (χ4n) is 1.10. The molecule has 0 aliphatic rings. The molecule has 0 aliphatic carbocycles. The molecule has 7 heteroatoms. The molecular weight excluding hydrogens is 242 g/mol. The zero-order chi connectivity index (χ0) is 12.5. The minimum atomic E-state index is -0.199. The van der Waals surface area contributed by atoms with E-state index in [1.807, 2.05) is 0 Å². The van der Waals surface area contributed by atoms with E-state index >= 15 is 0 Å². The van der Waals surface area contributed by atoms with Crippen LogP contribution in [0.1, 0.15) is 16.9 Å². The molecule has 1 amide bonds. The number of amides is 1. The Morgan fingerprint density at radius 3 is 3.00 bits per heavy atom. The number of thiazole rings is 1. The van der Waals surface area contributed by atoms with Crippen molar-refractivity contribution < 1.29 is 14.3 Å². The summed E-state index contributed by atoms with van der Waals surface area (Å²) in [5.41, 5.74) is 5.80. The largest absolute Gasteiger partial charge is 0.382 e. The fourth-order valence-corrected chi connectivity index (χ4v) is 1.65. The van der Waals surface area contributed by atoms with Crippen LogP contribution in [0.3, 0.4) is 0 Å². The number of carbonyl (C=O) groups is 1. The molecule has 0 aliphatic heterocycles. The van der Waals surface area contributed by atoms with Gasteiger partial charge in [0.25, 0.3) is 5.91 Å². The van der Waals surface area contributed by atoms with Crippen molar-refractivity contribution in [2.24, 2.45) is 0 Å². The van der Waals surface area contributed by atoms with Gasteiger partial charge in [0.05, 0.1) is 13.2 Å². The monoisotopic (exact) mass is 259 g/mol. The highest BCUT2D eigenvalue weighted by atomic mass is 32.1. The number of nitrogens with one attached hydrogen (secondary N) is 1. The van der Waals surface area contributed by atoms with E-state index in [0.717, 1.165) is 6.42 Å². The number of hydrogen-bond acceptors (Lipinski definition) is 6. The molecule has 0 aromatic carbocycles. The molecule has 0 bridgehead atoms. The first kappa shape index (κ1) is 13.9. The van der Waals surface area contributed by atoms with Crippen LogP contribution in [-0.2, 0) is 9.47 Å². The Bertz CT molecular complexity index is 343. The summed E-state index contributed by atoms with van der Waals surface area (Å²) in [6.07, 6.45) is 0.759. The van der Waals surface area contributed by atoms with E-state index in [1.54, 1.807) is 12.5 Å². The molecule has 1 aromatic heterocycles. The number of ether oxygens (including phenoxy) is 2. The maximum Gasteiger partial charge on any atom is 0.270 e. The molecular formula is C10H17N3O3S. The summed E-state index contributed by atoms with van der Waals surface area (Å²) in [6, 6.07) is 0. The minimum Gasteiger partial charge on any atom is -0.382 e. The highest BCUT2D eigenvalue weighted by Crippen LogP contribution is 2.10. The third kappa shape index (κ3) is 5.62. The van der Waals surface area contributed by atoms with E-state index in [2.05, 4.69) is 10.3 Å². The van der Waals surface area contributed by atoms with Crippen LogP contribution < -0.4 is 11.1 Å². The van der Waals surface area contributed by atoms with E-state index in [9.17, 15) is 4.79 Å². The van der Waals surface area contributed by atoms with Crippen molar-refractivity contribution >= 4 is 22.4 Å². The van der Waals surface area contributed by atoms with Gasteiger partial charge in [-0.05, 0) is 6.42 Å². The lowest BCUT2D eigenvalue weighted by Gasteiger charge is -2.04. The summed E-state index contributed by atoms with van der Waals surface area (Å²) < 4.78 is 10.1. The number of rotatable bonds is 8. The Hall–Kier alpha value is -1.18. The van der Waals surface area contributed by atoms with Gasteiger partial charge in [-0.2, -0.15) is 0 Å². The summed E-state index contributed by atoms with van der Waals surface area (Å²) in [7, 11) is 1.63. The van der Waals surface area contributed by atoms with Crippen molar-refractivity contribution in [3.05, 3.63) is 11.1 Å². The zero-order valence-electron chi connectivity index (χ0n) is 9.77. The van der Waals surface area contributed by atoms with Crippen LogP contribution in [0.2, 0.25) is 0 Å². The number of nitrogen functional groups attached to an aromatic ring is 1. The van der Waals surface area contributed by atoms with Crippen molar-refractivity contribution in [1.82, 2.24) is 10.3 Å². The summed E-state index contributed by atoms with van der Waals surface area (Å²) in [6.45, 7) is 2.32. The topological polar surface area (TPSA) is 86.5 Å². The molecule has 0 fully saturated rings. The zero-order valence-corrected chi connectivity index (χ0v) is 10.6. The number of hydrogen-bond donors (Lipinski definition) is 2. The van der Waals surface area contributed by atoms with Gasteiger partial charge < -0.3 is 20.5 Å². The number of nitrogens with zero attached hydrogens (tertiary/aromatic N) is 1. The predicted octanol–water partition coefficient (Wildman–Crippen LogP) is 0.508. The average Bonchev–Trinajstić information content (AvgIpc) is 2.74. The lowest BCUT2D eigenvalue weighted by molar-refractivity contribution is 0.0688. The lowest BCUT2D eigenvalue weighted by Crippen LogP contribution is -2.25. The highest BCUT2D eigenvalue weighted by Gasteiger charge is 2.08. The summed E-state index contributed by atoms with van der Waals surface area (Å²) in [5, 5.41) is 4.78. The molecule has 0 saturated carbocycles. The molecule has 17 heavy (non-hydrogen) atoms. The van der Waals surface area contributed by atoms with Gasteiger partial charge in [0.15, 0.2) is 5.13 Å². The quantitative estimate of drug-likeness (QED) is 0.664. The maximum atomic E-state index is 11.5. The van der Waals surface area contributed by atoms with Crippen LogP contribution in [-0.4, -0.2) is 44.4 Å². The van der Waals surface area contributed by atoms with Gasteiger partial charge >= 0.3 is 0 Å². The maximum absolute atomic E-state index is 11.5. The Morgan fingerprint density at radius 2 is 2.35 bits per heavy atom. The third-order valence-corrected chi connectivity index (χ3v) is 2.61. The standard InChI is InChI=1S/C10H17N3O3S/c1-15-5-6-16-4-2-3-12-9(14)8-7-17-10(11)13-8/h7H,2-6H2,1H3,(H2,11,13)(H,12,14). The van der Waals surface area contributed by atoms with Crippen LogP contribution in [0.25, 0.3) is 0 Å². The normalized spacial score (nSPS) is 10.4. The smallest absolute Gasteiger partial charge is 0.270 e. The molecule has 3 N–H and O–H groups in total. The van der Waals surface area contributed by atoms with Crippen LogP contribution in [0.5, 0.6) is 0 Å². The van der Waals surface area contributed by atoms with E-state index in [4.69, 9.17) is 15.2 Å². The molecule has 1 aromatic rings. The second-order valence-corrected chi connectivity index (χ2v) is 4.18. The number of nitrogens with two attached hydrogens (primary N) is 1. The first-order chi connectivity index (χ1) is 8.24. The second kappa shape index (κ2) is 7.99. The first-order valence-electron chi connectivity index (χ1n) is 5.30. The second-order valence-electron chi connectivity index (χ2n) is 3.29. The Balaban J connectivity index is 2.05. The Labute approximate surface area is 104 Å². The van der Waals surface area contributed by atoms with E-state index in [1.165, 1.54) is 11.3 Å². The number of aromatic nitrogens is 1. The van der Waals surface area contributed by atoms with Crippen LogP contribution >= 0.6 is 11.3 Å². The molecule has 1 heterocycles. The predicted molar refractivity (Wildman–Crippen MR) is 66.2 cm³/mol. The highest BCUT2D eigenvalue weighted by molar-refractivity contribution is 7.13. The molecule has 0 spiro atoms. The molecule has 1 rings (SSSR count). The van der Waals surface area contributed by atoms with Crippen molar-refractivity contribution in [2.75, 3.05) is 39.2 Å². The van der Waals surface area contributed by atoms with Gasteiger partial charge in [0.2, 0.25) is 0 Å². The molecule has 0 radical (unpaired) electrons. The van der Waals surface area contributed by atoms with Gasteiger partial charge in [-0.1, -0.05) is 0 Å². The lowest BCUT2D eigenvalue weighted by atomic mass is 10.4. The minimum absolute atomic E-state index is 0.199. The molecule has 0 atom stereocenters. The van der Waals surface area contributed by atoms with Crippen molar-refractivity contribution in [2.45, 2.75) is 6.42 Å². The summed E-state index contributed by atoms with van der Waals surface area (Å²) in [5.74, 6) is -0.199. The van der Waals surface area contributed by atoms with Crippen molar-refractivity contribution in [3.63, 3.8) is 0 Å². The summed E-state index contributed by atoms with van der Waals surface area (Å²) in [4.78, 5) is 15.4. The fraction of sp³-hybridized carbons (Fsp3) is 0.600. The number of anilines is 1. The van der Waals surface area contributed by atoms with Crippen molar-refractivity contribution in [1.29, 1.82) is 0 Å². The van der Waals surface area contributed by atoms with Gasteiger partial charge in [-0.3, -0.25) is 4.79 Å². The van der Waals surface area contributed by atoms with Crippen molar-refractivity contribution in [3.8, 4) is 0 Å². The van der Waals surface area contributed by atoms with Gasteiger partial charge in [-0.15, -0.1) is 11.3 Å². The third-order valence-electron chi connectivity index (χ3n) is 1.94. The molecule has 0 saturated heterocycles. The van der Waals surface area contributed by atoms with Gasteiger partial charge in [-0.25, -0.2) is 4.98 Å². The number of carbonyl (C=O) groups excluding carboxylic acids is 1. The van der Waals surface area contributed by atoms with E-state index in [0.29, 0.717) is 37.2 Å². The molecule has 6 nitrogen and oxygen atoms in total. The van der Waals surface area contributed by atoms with Crippen LogP contribution in [0, 0.1) is 0 Å². The molecule has 0 unspecified atom stereocenters. The average molecular weight is 259 g/mol. The van der Waals surface area contributed by atoms with Gasteiger partial charge in [0.1, 0.15) is 5.69 Å².